The molecule has 0 spiro atoms. The van der Waals surface area contributed by atoms with E-state index in [1.54, 1.807) is 17.5 Å². The van der Waals surface area contributed by atoms with Gasteiger partial charge in [-0.15, -0.1) is 11.3 Å². The Morgan fingerprint density at radius 2 is 2.42 bits per heavy atom. The molecule has 2 aromatic heterocycles. The highest BCUT2D eigenvalue weighted by Gasteiger charge is 2.12. The zero-order valence-electron chi connectivity index (χ0n) is 10.6. The van der Waals surface area contributed by atoms with Gasteiger partial charge in [0.15, 0.2) is 0 Å². The first-order valence-electron chi connectivity index (χ1n) is 6.08. The van der Waals surface area contributed by atoms with E-state index in [0.29, 0.717) is 17.8 Å². The van der Waals surface area contributed by atoms with Gasteiger partial charge in [0.25, 0.3) is 5.91 Å². The van der Waals surface area contributed by atoms with Crippen molar-refractivity contribution in [1.82, 2.24) is 10.3 Å². The Morgan fingerprint density at radius 3 is 3.11 bits per heavy atom. The molecule has 1 amide bonds. The monoisotopic (exact) mass is 296 g/mol. The van der Waals surface area contributed by atoms with Crippen LogP contribution in [0.4, 0.5) is 0 Å². The Labute approximate surface area is 120 Å². The van der Waals surface area contributed by atoms with Crippen molar-refractivity contribution >= 4 is 28.6 Å². The summed E-state index contributed by atoms with van der Waals surface area (Å²) in [6.07, 6.45) is 2.31. The summed E-state index contributed by atoms with van der Waals surface area (Å²) in [5, 5.41) is 16.6. The van der Waals surface area contributed by atoms with Crippen LogP contribution in [0.1, 0.15) is 23.0 Å². The fraction of sp³-hybridized carbons (Fsp3) is 0.385. The standard InChI is InChI=1S/C13H16N2O2S2/c1-9(2-4-16)6-14-12(17)11-7-15-13(19-11)10-3-5-18-8-10/h3,5,7-9,16H,2,4,6H2,1H3,(H,14,17). The number of rotatable bonds is 6. The Bertz CT molecular complexity index is 522. The highest BCUT2D eigenvalue weighted by Crippen LogP contribution is 2.26. The summed E-state index contributed by atoms with van der Waals surface area (Å²) >= 11 is 3.01. The first kappa shape index (κ1) is 14.2. The number of hydrogen-bond acceptors (Lipinski definition) is 5. The van der Waals surface area contributed by atoms with Crippen molar-refractivity contribution in [3.8, 4) is 10.6 Å². The highest BCUT2D eigenvalue weighted by atomic mass is 32.1. The molecule has 0 aliphatic rings. The number of nitrogens with one attached hydrogen (secondary N) is 1. The van der Waals surface area contributed by atoms with E-state index in [2.05, 4.69) is 10.3 Å². The van der Waals surface area contributed by atoms with Gasteiger partial charge in [-0.1, -0.05) is 6.92 Å². The third-order valence-corrected chi connectivity index (χ3v) is 4.46. The average molecular weight is 296 g/mol. The maximum atomic E-state index is 11.9. The number of carbonyl (C=O) groups is 1. The van der Waals surface area contributed by atoms with Crippen LogP contribution in [0.15, 0.2) is 23.0 Å². The van der Waals surface area contributed by atoms with E-state index < -0.39 is 0 Å². The number of aliphatic hydroxyl groups is 1. The molecule has 0 radical (unpaired) electrons. The number of amides is 1. The van der Waals surface area contributed by atoms with Crippen LogP contribution < -0.4 is 5.32 Å². The lowest BCUT2D eigenvalue weighted by Crippen LogP contribution is -2.28. The molecule has 4 nitrogen and oxygen atoms in total. The van der Waals surface area contributed by atoms with Crippen molar-refractivity contribution < 1.29 is 9.90 Å². The van der Waals surface area contributed by atoms with Gasteiger partial charge in [-0.3, -0.25) is 4.79 Å². The van der Waals surface area contributed by atoms with Crippen LogP contribution in [0.25, 0.3) is 10.6 Å². The smallest absolute Gasteiger partial charge is 0.263 e. The quantitative estimate of drug-likeness (QED) is 0.861. The Morgan fingerprint density at radius 1 is 1.58 bits per heavy atom. The number of thiophene rings is 1. The molecule has 0 aliphatic heterocycles. The maximum absolute atomic E-state index is 11.9. The Hall–Kier alpha value is -1.24. The number of aromatic nitrogens is 1. The second-order valence-corrected chi connectivity index (χ2v) is 6.18. The lowest BCUT2D eigenvalue weighted by atomic mass is 10.1. The molecule has 19 heavy (non-hydrogen) atoms. The van der Waals surface area contributed by atoms with Crippen molar-refractivity contribution in [1.29, 1.82) is 0 Å². The van der Waals surface area contributed by atoms with E-state index in [0.717, 1.165) is 10.6 Å². The van der Waals surface area contributed by atoms with E-state index in [4.69, 9.17) is 5.11 Å². The predicted molar refractivity (Wildman–Crippen MR) is 78.6 cm³/mol. The van der Waals surface area contributed by atoms with E-state index >= 15 is 0 Å². The molecule has 2 rings (SSSR count). The van der Waals surface area contributed by atoms with Gasteiger partial charge in [0, 0.05) is 24.1 Å². The highest BCUT2D eigenvalue weighted by molar-refractivity contribution is 7.17. The van der Waals surface area contributed by atoms with Crippen molar-refractivity contribution in [2.45, 2.75) is 13.3 Å². The van der Waals surface area contributed by atoms with Crippen molar-refractivity contribution in [3.63, 3.8) is 0 Å². The van der Waals surface area contributed by atoms with E-state index in [1.165, 1.54) is 11.3 Å². The molecule has 0 saturated carbocycles. The summed E-state index contributed by atoms with van der Waals surface area (Å²) in [5.74, 6) is 0.182. The normalized spacial score (nSPS) is 12.3. The lowest BCUT2D eigenvalue weighted by Gasteiger charge is -2.09. The van der Waals surface area contributed by atoms with Gasteiger partial charge in [0.05, 0.1) is 6.20 Å². The Balaban J connectivity index is 1.93. The van der Waals surface area contributed by atoms with Crippen LogP contribution in [0, 0.1) is 5.92 Å². The van der Waals surface area contributed by atoms with Crippen LogP contribution in [-0.2, 0) is 0 Å². The molecule has 0 aromatic carbocycles. The van der Waals surface area contributed by atoms with Gasteiger partial charge >= 0.3 is 0 Å². The van der Waals surface area contributed by atoms with E-state index in [9.17, 15) is 4.79 Å². The van der Waals surface area contributed by atoms with Gasteiger partial charge in [-0.05, 0) is 23.8 Å². The van der Waals surface area contributed by atoms with Crippen LogP contribution in [0.3, 0.4) is 0 Å². The number of nitrogens with zero attached hydrogens (tertiary/aromatic N) is 1. The van der Waals surface area contributed by atoms with Crippen LogP contribution >= 0.6 is 22.7 Å². The molecular weight excluding hydrogens is 280 g/mol. The second-order valence-electron chi connectivity index (χ2n) is 4.37. The van der Waals surface area contributed by atoms with Crippen molar-refractivity contribution in [2.24, 2.45) is 5.92 Å². The SMILES string of the molecule is CC(CCO)CNC(=O)c1cnc(-c2ccsc2)s1. The topological polar surface area (TPSA) is 62.2 Å². The summed E-state index contributed by atoms with van der Waals surface area (Å²) in [5.41, 5.74) is 1.06. The zero-order valence-corrected chi connectivity index (χ0v) is 12.3. The summed E-state index contributed by atoms with van der Waals surface area (Å²) < 4.78 is 0. The summed E-state index contributed by atoms with van der Waals surface area (Å²) in [6, 6.07) is 1.99. The zero-order chi connectivity index (χ0) is 13.7. The van der Waals surface area contributed by atoms with Crippen LogP contribution in [0.2, 0.25) is 0 Å². The molecule has 1 atom stereocenters. The van der Waals surface area contributed by atoms with Crippen molar-refractivity contribution in [2.75, 3.05) is 13.2 Å². The first-order valence-corrected chi connectivity index (χ1v) is 7.84. The van der Waals surface area contributed by atoms with Crippen LogP contribution in [-0.4, -0.2) is 29.1 Å². The van der Waals surface area contributed by atoms with E-state index in [1.807, 2.05) is 23.8 Å². The third kappa shape index (κ3) is 3.86. The van der Waals surface area contributed by atoms with Gasteiger partial charge in [-0.25, -0.2) is 4.98 Å². The fourth-order valence-electron chi connectivity index (χ4n) is 1.58. The molecule has 1 unspecified atom stereocenters. The molecule has 6 heteroatoms. The molecule has 2 heterocycles. The molecule has 102 valence electrons. The van der Waals surface area contributed by atoms with Crippen LogP contribution in [0.5, 0.6) is 0 Å². The molecule has 2 N–H and O–H groups in total. The third-order valence-electron chi connectivity index (χ3n) is 2.73. The number of carbonyl (C=O) groups excluding carboxylic acids is 1. The van der Waals surface area contributed by atoms with Gasteiger partial charge < -0.3 is 10.4 Å². The first-order chi connectivity index (χ1) is 9.20. The van der Waals surface area contributed by atoms with E-state index in [-0.39, 0.29) is 18.4 Å². The van der Waals surface area contributed by atoms with Gasteiger partial charge in [0.1, 0.15) is 9.88 Å². The lowest BCUT2D eigenvalue weighted by molar-refractivity contribution is 0.0949. The molecule has 2 aromatic rings. The minimum Gasteiger partial charge on any atom is -0.396 e. The molecule has 0 saturated heterocycles. The summed E-state index contributed by atoms with van der Waals surface area (Å²) in [7, 11) is 0. The Kier molecular flexibility index (Phi) is 5.07. The molecule has 0 fully saturated rings. The molecule has 0 aliphatic carbocycles. The largest absolute Gasteiger partial charge is 0.396 e. The predicted octanol–water partition coefficient (Wildman–Crippen LogP) is 2.62. The number of thiazole rings is 1. The number of hydrogen-bond donors (Lipinski definition) is 2. The minimum atomic E-state index is -0.0937. The number of aliphatic hydroxyl groups excluding tert-OH is 1. The summed E-state index contributed by atoms with van der Waals surface area (Å²) in [6.45, 7) is 2.73. The van der Waals surface area contributed by atoms with Gasteiger partial charge in [-0.2, -0.15) is 11.3 Å². The average Bonchev–Trinajstić information content (AvgIpc) is 3.06. The second kappa shape index (κ2) is 6.79. The fourth-order valence-corrected chi connectivity index (χ4v) is 3.12. The maximum Gasteiger partial charge on any atom is 0.263 e. The van der Waals surface area contributed by atoms with Crippen molar-refractivity contribution in [3.05, 3.63) is 27.9 Å². The van der Waals surface area contributed by atoms with Gasteiger partial charge in [0.2, 0.25) is 0 Å². The molecule has 0 bridgehead atoms. The minimum absolute atomic E-state index is 0.0937. The summed E-state index contributed by atoms with van der Waals surface area (Å²) in [4.78, 5) is 16.8. The molecular formula is C13H16N2O2S2.